The Morgan fingerprint density at radius 2 is 0.591 bits per heavy atom. The van der Waals surface area contributed by atoms with Crippen LogP contribution in [0.5, 0.6) is 0 Å². The second kappa shape index (κ2) is 12.8. The first kappa shape index (κ1) is 37.2. The Labute approximate surface area is 243 Å². The molecular weight excluding hydrogens is 716 g/mol. The lowest BCUT2D eigenvalue weighted by Gasteiger charge is -2.31. The van der Waals surface area contributed by atoms with E-state index in [0.717, 1.165) is 14.7 Å². The molecule has 0 aliphatic carbocycles. The molecule has 0 amide bonds. The highest BCUT2D eigenvalue weighted by Gasteiger charge is 2.63. The van der Waals surface area contributed by atoms with Crippen LogP contribution in [0.15, 0.2) is 87.5 Å². The van der Waals surface area contributed by atoms with Gasteiger partial charge in [-0.25, -0.2) is 13.2 Å². The average Bonchev–Trinajstić information content (AvgIpc) is 2.85. The van der Waals surface area contributed by atoms with Crippen molar-refractivity contribution in [3.05, 3.63) is 94.2 Å². The van der Waals surface area contributed by atoms with Crippen LogP contribution < -0.4 is 0 Å². The van der Waals surface area contributed by atoms with Crippen molar-refractivity contribution in [2.75, 3.05) is 0 Å². The summed E-state index contributed by atoms with van der Waals surface area (Å²) in [5, 5.41) is 0. The molecule has 0 aliphatic rings. The molecule has 0 aromatic heterocycles. The van der Waals surface area contributed by atoms with Crippen molar-refractivity contribution in [1.82, 2.24) is 0 Å². The topological polar surface area (TPSA) is 102 Å². The molecule has 0 atom stereocenters. The fourth-order valence-corrected chi connectivity index (χ4v) is 10.6. The molecule has 3 aromatic rings. The SMILES string of the molecule is Fc1ccc([S+](c2ccc(F)cc2)c2ccc(F)cc2)cc1.O=S(=O)([C-](S(=O)(=O)C(F)(F)F)S(=O)(=O)C(F)(F)F)C(F)(F)F. The fourth-order valence-electron chi connectivity index (χ4n) is 2.84. The van der Waals surface area contributed by atoms with Gasteiger partial charge in [0.05, 0.1) is 14.8 Å². The summed E-state index contributed by atoms with van der Waals surface area (Å²) in [7, 11) is -24.6. The first-order chi connectivity index (χ1) is 19.7. The van der Waals surface area contributed by atoms with Gasteiger partial charge < -0.3 is 0 Å². The molecule has 0 fully saturated rings. The highest BCUT2D eigenvalue weighted by atomic mass is 32.3. The Kier molecular flexibility index (Phi) is 10.8. The van der Waals surface area contributed by atoms with Gasteiger partial charge in [0, 0.05) is 0 Å². The first-order valence-corrected chi connectivity index (χ1v) is 16.2. The lowest BCUT2D eigenvalue weighted by atomic mass is 10.3. The van der Waals surface area contributed by atoms with Gasteiger partial charge in [-0.1, -0.05) is 0 Å². The van der Waals surface area contributed by atoms with Crippen LogP contribution in [0.4, 0.5) is 52.7 Å². The molecule has 0 saturated carbocycles. The molecule has 0 unspecified atom stereocenters. The summed E-state index contributed by atoms with van der Waals surface area (Å²) < 4.78 is 207. The second-order valence-corrected chi connectivity index (χ2v) is 16.2. The minimum Gasteiger partial charge on any atom is -0.251 e. The van der Waals surface area contributed by atoms with E-state index in [4.69, 9.17) is 0 Å². The molecule has 3 aromatic carbocycles. The Morgan fingerprint density at radius 1 is 0.409 bits per heavy atom. The van der Waals surface area contributed by atoms with Crippen LogP contribution in [0.25, 0.3) is 0 Å². The molecule has 0 radical (unpaired) electrons. The van der Waals surface area contributed by atoms with Gasteiger partial charge in [0.15, 0.2) is 44.2 Å². The number of alkyl halides is 9. The number of halogens is 12. The maximum atomic E-state index is 13.2. The van der Waals surface area contributed by atoms with E-state index in [1.165, 1.54) is 36.4 Å². The van der Waals surface area contributed by atoms with E-state index in [-0.39, 0.29) is 17.5 Å². The van der Waals surface area contributed by atoms with E-state index in [9.17, 15) is 77.9 Å². The molecule has 6 nitrogen and oxygen atoms in total. The molecule has 0 aliphatic heterocycles. The lowest BCUT2D eigenvalue weighted by molar-refractivity contribution is -0.0471. The number of benzene rings is 3. The monoisotopic (exact) mass is 728 g/mol. The Morgan fingerprint density at radius 3 is 0.750 bits per heavy atom. The van der Waals surface area contributed by atoms with E-state index in [1.54, 1.807) is 36.4 Å². The minimum atomic E-state index is -8.02. The Balaban J connectivity index is 0.000000307. The predicted octanol–water partition coefficient (Wildman–Crippen LogP) is 6.44. The predicted molar refractivity (Wildman–Crippen MR) is 130 cm³/mol. The van der Waals surface area contributed by atoms with E-state index in [0.29, 0.717) is 0 Å². The van der Waals surface area contributed by atoms with Crippen LogP contribution in [0.1, 0.15) is 0 Å². The van der Waals surface area contributed by atoms with Crippen molar-refractivity contribution >= 4 is 40.4 Å². The van der Waals surface area contributed by atoms with Crippen molar-refractivity contribution in [2.45, 2.75) is 31.2 Å². The molecule has 244 valence electrons. The van der Waals surface area contributed by atoms with Crippen LogP contribution in [0.2, 0.25) is 0 Å². The second-order valence-electron chi connectivity index (χ2n) is 7.77. The zero-order valence-electron chi connectivity index (χ0n) is 20.5. The Hall–Kier alpha value is -2.98. The molecule has 0 spiro atoms. The third-order valence-corrected chi connectivity index (χ3v) is 14.0. The van der Waals surface area contributed by atoms with Gasteiger partial charge in [-0.15, -0.1) is 0 Å². The van der Waals surface area contributed by atoms with Crippen LogP contribution in [0, 0.1) is 21.4 Å². The van der Waals surface area contributed by atoms with Crippen molar-refractivity contribution in [1.29, 1.82) is 0 Å². The molecule has 44 heavy (non-hydrogen) atoms. The summed E-state index contributed by atoms with van der Waals surface area (Å²) >= 11 is 0. The smallest absolute Gasteiger partial charge is 0.251 e. The van der Waals surface area contributed by atoms with Crippen molar-refractivity contribution in [3.8, 4) is 0 Å². The first-order valence-electron chi connectivity index (χ1n) is 10.6. The average molecular weight is 729 g/mol. The molecule has 22 heteroatoms. The summed E-state index contributed by atoms with van der Waals surface area (Å²) in [5.74, 6) is -0.943. The largest absolute Gasteiger partial charge is 0.470 e. The molecule has 0 N–H and O–H groups in total. The van der Waals surface area contributed by atoms with Gasteiger partial charge in [0.1, 0.15) is 17.5 Å². The van der Waals surface area contributed by atoms with Gasteiger partial charge in [-0.3, -0.25) is 25.3 Å². The van der Waals surface area contributed by atoms with Crippen LogP contribution in [-0.2, 0) is 40.4 Å². The quantitative estimate of drug-likeness (QED) is 0.165. The van der Waals surface area contributed by atoms with Crippen molar-refractivity contribution in [3.63, 3.8) is 0 Å². The number of hydrogen-bond donors (Lipinski definition) is 0. The van der Waals surface area contributed by atoms with Crippen molar-refractivity contribution < 1.29 is 77.9 Å². The van der Waals surface area contributed by atoms with Gasteiger partial charge >= 0.3 is 16.5 Å². The summed E-state index contributed by atoms with van der Waals surface area (Å²) in [4.78, 5) is 2.67. The summed E-state index contributed by atoms with van der Waals surface area (Å²) in [6, 6.07) is 18.5. The maximum absolute atomic E-state index is 13.2. The molecule has 0 bridgehead atoms. The highest BCUT2D eigenvalue weighted by Crippen LogP contribution is 2.47. The number of rotatable bonds is 6. The number of sulfone groups is 3. The van der Waals surface area contributed by atoms with Gasteiger partial charge in [-0.2, -0.15) is 39.5 Å². The zero-order valence-corrected chi connectivity index (χ0v) is 23.8. The molecule has 0 heterocycles. The normalized spacial score (nSPS) is 13.5. The summed E-state index contributed by atoms with van der Waals surface area (Å²) in [5.41, 5.74) is -21.2. The van der Waals surface area contributed by atoms with Crippen LogP contribution in [-0.4, -0.2) is 41.8 Å². The standard InChI is InChI=1S/C18H12F3S.C4F9O6S3/c19-13-1-7-16(8-2-13)22(17-9-3-14(20)4-10-17)18-11-5-15(21)6-12-18;5-2(6,7)20(14,15)1(21(16,17)3(8,9)10)22(18,19)4(11,12)13/h1-12H;/q+1;-1. The van der Waals surface area contributed by atoms with Crippen molar-refractivity contribution in [2.24, 2.45) is 0 Å². The Bertz CT molecular complexity index is 1550. The lowest BCUT2D eigenvalue weighted by Crippen LogP contribution is -2.47. The minimum absolute atomic E-state index is 0.314. The zero-order chi connectivity index (χ0) is 34.1. The number of hydrogen-bond acceptors (Lipinski definition) is 6. The van der Waals surface area contributed by atoms with Crippen LogP contribution >= 0.6 is 0 Å². The summed E-state index contributed by atoms with van der Waals surface area (Å²) in [6.45, 7) is 0. The third-order valence-electron chi connectivity index (χ3n) is 4.72. The van der Waals surface area contributed by atoms with E-state index >= 15 is 0 Å². The van der Waals surface area contributed by atoms with E-state index < -0.39 is 60.8 Å². The van der Waals surface area contributed by atoms with Gasteiger partial charge in [-0.05, 0) is 72.8 Å². The fraction of sp³-hybridized carbons (Fsp3) is 0.136. The van der Waals surface area contributed by atoms with Gasteiger partial charge in [0.25, 0.3) is 0 Å². The van der Waals surface area contributed by atoms with Crippen LogP contribution in [0.3, 0.4) is 0 Å². The maximum Gasteiger partial charge on any atom is 0.470 e. The third kappa shape index (κ3) is 7.99. The summed E-state index contributed by atoms with van der Waals surface area (Å²) in [6.07, 6.45) is 0. The van der Waals surface area contributed by atoms with E-state index in [2.05, 4.69) is 0 Å². The molecule has 0 saturated heterocycles. The van der Waals surface area contributed by atoms with E-state index in [1.807, 2.05) is 0 Å². The molecular formula is C22H12F12O6S4. The highest BCUT2D eigenvalue weighted by molar-refractivity contribution is 8.29. The van der Waals surface area contributed by atoms with Gasteiger partial charge in [0.2, 0.25) is 0 Å². The molecule has 3 rings (SSSR count).